The number of hydrogen-bond donors (Lipinski definition) is 2. The molecule has 0 heterocycles. The van der Waals surface area contributed by atoms with Gasteiger partial charge in [0.1, 0.15) is 29.6 Å². The van der Waals surface area contributed by atoms with Gasteiger partial charge in [0.2, 0.25) is 0 Å². The average molecular weight is 423 g/mol. The summed E-state index contributed by atoms with van der Waals surface area (Å²) in [7, 11) is -3.88. The molecular formula is C19H15F2NO6S. The Morgan fingerprint density at radius 2 is 1.97 bits per heavy atom. The van der Waals surface area contributed by atoms with Crippen LogP contribution in [0.4, 0.5) is 8.78 Å². The number of ether oxygens (including phenoxy) is 1. The van der Waals surface area contributed by atoms with Crippen molar-refractivity contribution < 1.29 is 36.9 Å². The predicted molar refractivity (Wildman–Crippen MR) is 95.6 cm³/mol. The zero-order valence-corrected chi connectivity index (χ0v) is 15.8. The first-order valence-electron chi connectivity index (χ1n) is 8.32. The number of carboxylic acid groups (broad SMARTS) is 1. The van der Waals surface area contributed by atoms with Crippen LogP contribution in [0.25, 0.3) is 0 Å². The van der Waals surface area contributed by atoms with Crippen LogP contribution in [0.1, 0.15) is 35.1 Å². The molecule has 0 radical (unpaired) electrons. The lowest BCUT2D eigenvalue weighted by molar-refractivity contribution is -0.138. The number of nitrogens with zero attached hydrogens (tertiary/aromatic N) is 1. The summed E-state index contributed by atoms with van der Waals surface area (Å²) >= 11 is 0. The second-order valence-corrected chi connectivity index (χ2v) is 8.63. The summed E-state index contributed by atoms with van der Waals surface area (Å²) in [5, 5.41) is 28.4. The number of aliphatic hydroxyl groups is 1. The summed E-state index contributed by atoms with van der Waals surface area (Å²) in [4.78, 5) is 10.8. The molecule has 0 aliphatic heterocycles. The summed E-state index contributed by atoms with van der Waals surface area (Å²) in [6.07, 6.45) is -3.77. The molecule has 0 fully saturated rings. The molecule has 29 heavy (non-hydrogen) atoms. The molecule has 0 saturated carbocycles. The molecule has 2 aromatic rings. The Kier molecular flexibility index (Phi) is 5.30. The number of carbonyl (C=O) groups is 1. The zero-order chi connectivity index (χ0) is 21.5. The Morgan fingerprint density at radius 3 is 2.55 bits per heavy atom. The first-order chi connectivity index (χ1) is 13.5. The van der Waals surface area contributed by atoms with Gasteiger partial charge in [-0.15, -0.1) is 0 Å². The fourth-order valence-electron chi connectivity index (χ4n) is 3.45. The number of benzene rings is 2. The SMILES string of the molecule is CS(=O)(=O)c1ccc(Oc2cc(F)cc(C#N)c2)c2c1[C@H](CC(=O)O)[C@@H](F)[C@H]2O. The van der Waals surface area contributed by atoms with Gasteiger partial charge in [-0.3, -0.25) is 4.79 Å². The molecule has 0 unspecified atom stereocenters. The molecule has 0 bridgehead atoms. The third-order valence-corrected chi connectivity index (χ3v) is 5.74. The highest BCUT2D eigenvalue weighted by atomic mass is 32.2. The third-order valence-electron chi connectivity index (χ3n) is 4.58. The highest BCUT2D eigenvalue weighted by molar-refractivity contribution is 7.90. The summed E-state index contributed by atoms with van der Waals surface area (Å²) in [6, 6.07) is 7.18. The Labute approximate surface area is 164 Å². The highest BCUT2D eigenvalue weighted by Crippen LogP contribution is 2.51. The Bertz CT molecular complexity index is 1140. The van der Waals surface area contributed by atoms with Crippen molar-refractivity contribution in [2.24, 2.45) is 0 Å². The van der Waals surface area contributed by atoms with Gasteiger partial charge in [-0.1, -0.05) is 0 Å². The normalized spacial score (nSPS) is 20.7. The fraction of sp³-hybridized carbons (Fsp3) is 0.263. The fourth-order valence-corrected chi connectivity index (χ4v) is 4.43. The van der Waals surface area contributed by atoms with E-state index in [-0.39, 0.29) is 33.1 Å². The van der Waals surface area contributed by atoms with E-state index in [0.717, 1.165) is 24.5 Å². The van der Waals surface area contributed by atoms with Gasteiger partial charge in [0.25, 0.3) is 0 Å². The average Bonchev–Trinajstić information content (AvgIpc) is 2.85. The van der Waals surface area contributed by atoms with Crippen LogP contribution in [0.3, 0.4) is 0 Å². The number of carboxylic acids is 1. The minimum Gasteiger partial charge on any atom is -0.481 e. The molecule has 0 spiro atoms. The molecule has 152 valence electrons. The van der Waals surface area contributed by atoms with Gasteiger partial charge in [0.15, 0.2) is 9.84 Å². The predicted octanol–water partition coefficient (Wildman–Crippen LogP) is 2.84. The van der Waals surface area contributed by atoms with Gasteiger partial charge in [-0.05, 0) is 29.8 Å². The third kappa shape index (κ3) is 3.92. The number of fused-ring (bicyclic) bond motifs is 1. The first kappa shape index (κ1) is 20.7. The standard InChI is InChI=1S/C19H15F2NO6S/c1-29(26,27)14-3-2-13(28-11-5-9(8-22)4-10(20)6-11)17-16(14)12(7-15(23)24)18(21)19(17)25/h2-6,12,18-19,25H,7H2,1H3,(H,23,24)/t12-,18+,19-/m0/s1. The smallest absolute Gasteiger partial charge is 0.304 e. The van der Waals surface area contributed by atoms with Crippen molar-refractivity contribution in [2.75, 3.05) is 6.26 Å². The molecule has 7 nitrogen and oxygen atoms in total. The van der Waals surface area contributed by atoms with E-state index in [9.17, 15) is 27.1 Å². The van der Waals surface area contributed by atoms with E-state index >= 15 is 0 Å². The number of aliphatic carboxylic acids is 1. The van der Waals surface area contributed by atoms with Gasteiger partial charge >= 0.3 is 5.97 Å². The van der Waals surface area contributed by atoms with Crippen molar-refractivity contribution in [3.63, 3.8) is 0 Å². The van der Waals surface area contributed by atoms with Crippen LogP contribution < -0.4 is 4.74 Å². The molecule has 2 N–H and O–H groups in total. The number of sulfone groups is 1. The van der Waals surface area contributed by atoms with Crippen LogP contribution in [-0.4, -0.2) is 37.0 Å². The Hall–Kier alpha value is -3.03. The molecule has 0 amide bonds. The summed E-state index contributed by atoms with van der Waals surface area (Å²) in [5.41, 5.74) is -0.434. The summed E-state index contributed by atoms with van der Waals surface area (Å²) in [5.74, 6) is -3.83. The molecule has 0 saturated heterocycles. The van der Waals surface area contributed by atoms with Gasteiger partial charge in [-0.2, -0.15) is 5.26 Å². The minimum absolute atomic E-state index is 0.0444. The number of rotatable bonds is 5. The molecule has 0 aromatic heterocycles. The lowest BCUT2D eigenvalue weighted by Crippen LogP contribution is -2.17. The maximum Gasteiger partial charge on any atom is 0.304 e. The van der Waals surface area contributed by atoms with Crippen LogP contribution in [0.5, 0.6) is 11.5 Å². The van der Waals surface area contributed by atoms with Gasteiger partial charge in [0, 0.05) is 23.8 Å². The molecular weight excluding hydrogens is 408 g/mol. The molecule has 2 aromatic carbocycles. The van der Waals surface area contributed by atoms with Crippen LogP contribution in [0.2, 0.25) is 0 Å². The van der Waals surface area contributed by atoms with E-state index in [2.05, 4.69) is 0 Å². The van der Waals surface area contributed by atoms with E-state index in [1.807, 2.05) is 0 Å². The highest BCUT2D eigenvalue weighted by Gasteiger charge is 2.46. The van der Waals surface area contributed by atoms with Crippen molar-refractivity contribution in [3.05, 3.63) is 52.8 Å². The lowest BCUT2D eigenvalue weighted by Gasteiger charge is -2.16. The summed E-state index contributed by atoms with van der Waals surface area (Å²) in [6.45, 7) is 0. The molecule has 3 atom stereocenters. The molecule has 1 aliphatic carbocycles. The number of hydrogen-bond acceptors (Lipinski definition) is 6. The number of alkyl halides is 1. The largest absolute Gasteiger partial charge is 0.481 e. The topological polar surface area (TPSA) is 125 Å². The van der Waals surface area contributed by atoms with E-state index in [0.29, 0.717) is 0 Å². The zero-order valence-electron chi connectivity index (χ0n) is 15.0. The minimum atomic E-state index is -3.88. The quantitative estimate of drug-likeness (QED) is 0.758. The van der Waals surface area contributed by atoms with E-state index in [4.69, 9.17) is 15.1 Å². The van der Waals surface area contributed by atoms with Gasteiger partial charge < -0.3 is 14.9 Å². The van der Waals surface area contributed by atoms with Crippen LogP contribution >= 0.6 is 0 Å². The van der Waals surface area contributed by atoms with Crippen molar-refractivity contribution in [3.8, 4) is 17.6 Å². The number of aliphatic hydroxyl groups excluding tert-OH is 1. The van der Waals surface area contributed by atoms with E-state index < -0.39 is 46.2 Å². The van der Waals surface area contributed by atoms with Crippen LogP contribution in [-0.2, 0) is 14.6 Å². The maximum absolute atomic E-state index is 14.7. The van der Waals surface area contributed by atoms with Gasteiger partial charge in [0.05, 0.1) is 22.9 Å². The maximum atomic E-state index is 14.7. The Balaban J connectivity index is 2.20. The number of halogens is 2. The Morgan fingerprint density at radius 1 is 1.28 bits per heavy atom. The lowest BCUT2D eigenvalue weighted by atomic mass is 9.96. The van der Waals surface area contributed by atoms with Gasteiger partial charge in [-0.25, -0.2) is 17.2 Å². The van der Waals surface area contributed by atoms with Crippen LogP contribution in [0, 0.1) is 17.1 Å². The summed E-state index contributed by atoms with van der Waals surface area (Å²) < 4.78 is 58.2. The van der Waals surface area contributed by atoms with Crippen molar-refractivity contribution in [2.45, 2.75) is 29.5 Å². The molecule has 10 heteroatoms. The second kappa shape index (κ2) is 7.42. The van der Waals surface area contributed by atoms with Crippen molar-refractivity contribution in [1.29, 1.82) is 5.26 Å². The van der Waals surface area contributed by atoms with Crippen LogP contribution in [0.15, 0.2) is 35.2 Å². The van der Waals surface area contributed by atoms with Crippen molar-refractivity contribution >= 4 is 15.8 Å². The second-order valence-electron chi connectivity index (χ2n) is 6.64. The van der Waals surface area contributed by atoms with Crippen molar-refractivity contribution in [1.82, 2.24) is 0 Å². The van der Waals surface area contributed by atoms with E-state index in [1.54, 1.807) is 6.07 Å². The monoisotopic (exact) mass is 423 g/mol. The number of nitriles is 1. The first-order valence-corrected chi connectivity index (χ1v) is 10.2. The molecule has 1 aliphatic rings. The molecule has 3 rings (SSSR count). The van der Waals surface area contributed by atoms with E-state index in [1.165, 1.54) is 12.1 Å².